The molecule has 1 unspecified atom stereocenters. The van der Waals surface area contributed by atoms with Gasteiger partial charge in [-0.1, -0.05) is 25.3 Å². The highest BCUT2D eigenvalue weighted by Crippen LogP contribution is 2.34. The van der Waals surface area contributed by atoms with Crippen LogP contribution < -0.4 is 10.2 Å². The normalized spacial score (nSPS) is 22.3. The Morgan fingerprint density at radius 2 is 1.87 bits per heavy atom. The Morgan fingerprint density at radius 3 is 2.60 bits per heavy atom. The molecule has 1 saturated heterocycles. The number of rotatable bonds is 5. The molecule has 0 spiro atoms. The first-order chi connectivity index (χ1) is 14.2. The van der Waals surface area contributed by atoms with Crippen molar-refractivity contribution in [1.29, 1.82) is 0 Å². The van der Waals surface area contributed by atoms with Gasteiger partial charge in [0.05, 0.1) is 13.2 Å². The molecule has 1 saturated carbocycles. The second kappa shape index (κ2) is 10.5. The van der Waals surface area contributed by atoms with E-state index in [2.05, 4.69) is 28.4 Å². The summed E-state index contributed by atoms with van der Waals surface area (Å²) in [5.41, 5.74) is 3.69. The maximum atomic E-state index is 13.5. The quantitative estimate of drug-likeness (QED) is 0.716. The summed E-state index contributed by atoms with van der Waals surface area (Å²) >= 11 is 0. The summed E-state index contributed by atoms with van der Waals surface area (Å²) < 4.78 is 4.85. The highest BCUT2D eigenvalue weighted by Gasteiger charge is 2.41. The largest absolute Gasteiger partial charge is 0.469 e. The number of methoxy groups -OCH3 is 1. The predicted octanol–water partition coefficient (Wildman–Crippen LogP) is 3.69. The third-order valence-corrected chi connectivity index (χ3v) is 6.76. The van der Waals surface area contributed by atoms with E-state index in [1.807, 2.05) is 4.90 Å². The first kappa shape index (κ1) is 22.9. The Morgan fingerprint density at radius 1 is 1.13 bits per heavy atom. The zero-order valence-corrected chi connectivity index (χ0v) is 18.7. The van der Waals surface area contributed by atoms with Crippen molar-refractivity contribution >= 4 is 30.1 Å². The van der Waals surface area contributed by atoms with Crippen LogP contribution in [-0.4, -0.2) is 55.7 Å². The average Bonchev–Trinajstić information content (AvgIpc) is 2.92. The summed E-state index contributed by atoms with van der Waals surface area (Å²) in [5, 5.41) is 3.45. The number of ether oxygens (including phenoxy) is 1. The summed E-state index contributed by atoms with van der Waals surface area (Å²) in [6, 6.07) is 6.95. The van der Waals surface area contributed by atoms with E-state index < -0.39 is 0 Å². The summed E-state index contributed by atoms with van der Waals surface area (Å²) in [7, 11) is 1.43. The van der Waals surface area contributed by atoms with Gasteiger partial charge in [0.25, 0.3) is 0 Å². The Balaban J connectivity index is 0.00000256. The molecule has 2 fully saturated rings. The second-order valence-electron chi connectivity index (χ2n) is 8.57. The minimum Gasteiger partial charge on any atom is -0.469 e. The smallest absolute Gasteiger partial charge is 0.325 e. The number of nitrogens with zero attached hydrogens (tertiary/aromatic N) is 2. The van der Waals surface area contributed by atoms with Crippen LogP contribution in [0.5, 0.6) is 0 Å². The first-order valence-electron chi connectivity index (χ1n) is 11.2. The Kier molecular flexibility index (Phi) is 8.00. The summed E-state index contributed by atoms with van der Waals surface area (Å²) in [4.78, 5) is 29.3. The van der Waals surface area contributed by atoms with Crippen LogP contribution in [0, 0.1) is 0 Å². The molecular formula is C23H34ClN3O3. The third kappa shape index (κ3) is 4.92. The fraction of sp³-hybridized carbons (Fsp3) is 0.652. The lowest BCUT2D eigenvalue weighted by molar-refractivity contribution is -0.140. The van der Waals surface area contributed by atoms with Crippen LogP contribution in [0.15, 0.2) is 18.2 Å². The van der Waals surface area contributed by atoms with Crippen LogP contribution in [0.25, 0.3) is 0 Å². The van der Waals surface area contributed by atoms with Gasteiger partial charge in [-0.2, -0.15) is 0 Å². The zero-order chi connectivity index (χ0) is 20.2. The number of hydrogen-bond acceptors (Lipinski definition) is 4. The van der Waals surface area contributed by atoms with Gasteiger partial charge < -0.3 is 15.0 Å². The zero-order valence-electron chi connectivity index (χ0n) is 17.9. The number of carbonyl (C=O) groups is 2. The van der Waals surface area contributed by atoms with E-state index in [-0.39, 0.29) is 30.4 Å². The molecule has 0 bridgehead atoms. The van der Waals surface area contributed by atoms with Gasteiger partial charge in [-0.25, -0.2) is 4.79 Å². The molecule has 0 aromatic heterocycles. The molecule has 6 nitrogen and oxygen atoms in total. The monoisotopic (exact) mass is 435 g/mol. The topological polar surface area (TPSA) is 61.9 Å². The van der Waals surface area contributed by atoms with Crippen LogP contribution >= 0.6 is 12.4 Å². The number of amides is 2. The maximum Gasteiger partial charge on any atom is 0.325 e. The number of urea groups is 1. The van der Waals surface area contributed by atoms with E-state index in [0.717, 1.165) is 44.5 Å². The molecule has 1 atom stereocenters. The van der Waals surface area contributed by atoms with Crippen molar-refractivity contribution in [3.8, 4) is 0 Å². The van der Waals surface area contributed by atoms with Crippen molar-refractivity contribution in [3.63, 3.8) is 0 Å². The summed E-state index contributed by atoms with van der Waals surface area (Å²) in [6.07, 6.45) is 8.87. The molecular weight excluding hydrogens is 402 g/mol. The lowest BCUT2D eigenvalue weighted by Gasteiger charge is -2.30. The molecule has 2 heterocycles. The molecule has 1 aromatic carbocycles. The number of fused-ring (bicyclic) bond motifs is 1. The predicted molar refractivity (Wildman–Crippen MR) is 120 cm³/mol. The van der Waals surface area contributed by atoms with E-state index in [1.165, 1.54) is 37.5 Å². The third-order valence-electron chi connectivity index (χ3n) is 6.76. The van der Waals surface area contributed by atoms with Crippen LogP contribution in [0.3, 0.4) is 0 Å². The maximum absolute atomic E-state index is 13.5. The average molecular weight is 436 g/mol. The number of benzene rings is 1. The molecule has 7 heteroatoms. The summed E-state index contributed by atoms with van der Waals surface area (Å²) in [5.74, 6) is -0.207. The highest BCUT2D eigenvalue weighted by atomic mass is 35.5. The molecule has 166 valence electrons. The van der Waals surface area contributed by atoms with Gasteiger partial charge >= 0.3 is 12.0 Å². The molecule has 1 aromatic rings. The fourth-order valence-corrected chi connectivity index (χ4v) is 5.12. The molecule has 2 amide bonds. The Hall–Kier alpha value is -1.79. The van der Waals surface area contributed by atoms with E-state index in [9.17, 15) is 9.59 Å². The van der Waals surface area contributed by atoms with Gasteiger partial charge in [0.15, 0.2) is 0 Å². The Labute approximate surface area is 185 Å². The first-order valence-corrected chi connectivity index (χ1v) is 11.2. The van der Waals surface area contributed by atoms with Gasteiger partial charge in [-0.15, -0.1) is 12.4 Å². The van der Waals surface area contributed by atoms with Crippen LogP contribution in [0.1, 0.15) is 56.1 Å². The summed E-state index contributed by atoms with van der Waals surface area (Å²) in [6.45, 7) is 2.69. The van der Waals surface area contributed by atoms with Crippen molar-refractivity contribution in [2.45, 2.75) is 69.9 Å². The second-order valence-corrected chi connectivity index (χ2v) is 8.57. The van der Waals surface area contributed by atoms with Gasteiger partial charge in [-0.05, 0) is 68.5 Å². The molecule has 0 radical (unpaired) electrons. The van der Waals surface area contributed by atoms with Crippen molar-refractivity contribution < 1.29 is 14.3 Å². The number of nitrogens with one attached hydrogen (secondary N) is 1. The van der Waals surface area contributed by atoms with Crippen LogP contribution in [-0.2, 0) is 22.4 Å². The van der Waals surface area contributed by atoms with Crippen molar-refractivity contribution in [1.82, 2.24) is 10.2 Å². The van der Waals surface area contributed by atoms with Gasteiger partial charge in [-0.3, -0.25) is 9.69 Å². The van der Waals surface area contributed by atoms with E-state index in [4.69, 9.17) is 4.74 Å². The van der Waals surface area contributed by atoms with Crippen molar-refractivity contribution in [2.75, 3.05) is 31.6 Å². The fourth-order valence-electron chi connectivity index (χ4n) is 5.12. The number of carbonyl (C=O) groups excluding carboxylic acids is 2. The van der Waals surface area contributed by atoms with Crippen LogP contribution in [0.4, 0.5) is 10.5 Å². The highest BCUT2D eigenvalue weighted by molar-refractivity contribution is 5.95. The van der Waals surface area contributed by atoms with E-state index in [0.29, 0.717) is 25.4 Å². The molecule has 3 aliphatic rings. The lowest BCUT2D eigenvalue weighted by atomic mass is 9.94. The number of esters is 1. The standard InChI is InChI=1S/C23H33N3O3.ClH/c1-29-22(27)10-9-21-16-25(19-5-3-2-4-6-19)23(28)26(21)20-8-7-17-11-13-24-14-12-18(17)15-20;/h7-8,15,19,21,24H,2-6,9-14,16H2,1H3;1H. The van der Waals surface area contributed by atoms with Gasteiger partial charge in [0.1, 0.15) is 0 Å². The van der Waals surface area contributed by atoms with E-state index >= 15 is 0 Å². The number of halogens is 1. The molecule has 4 rings (SSSR count). The molecule has 30 heavy (non-hydrogen) atoms. The van der Waals surface area contributed by atoms with Crippen molar-refractivity contribution in [3.05, 3.63) is 29.3 Å². The molecule has 2 aliphatic heterocycles. The van der Waals surface area contributed by atoms with E-state index in [1.54, 1.807) is 0 Å². The lowest BCUT2D eigenvalue weighted by Crippen LogP contribution is -2.40. The number of hydrogen-bond donors (Lipinski definition) is 1. The van der Waals surface area contributed by atoms with Crippen LogP contribution in [0.2, 0.25) is 0 Å². The minimum atomic E-state index is -0.207. The number of anilines is 1. The minimum absolute atomic E-state index is 0. The molecule has 1 N–H and O–H groups in total. The van der Waals surface area contributed by atoms with Gasteiger partial charge in [0, 0.05) is 24.7 Å². The Bertz CT molecular complexity index is 751. The van der Waals surface area contributed by atoms with Crippen molar-refractivity contribution in [2.24, 2.45) is 0 Å². The molecule has 1 aliphatic carbocycles. The SMILES string of the molecule is COC(=O)CCC1CN(C2CCCCC2)C(=O)N1c1ccc2c(c1)CCNCC2.Cl. The van der Waals surface area contributed by atoms with Gasteiger partial charge in [0.2, 0.25) is 0 Å².